The molecule has 2 aliphatic heterocycles. The van der Waals surface area contributed by atoms with Crippen LogP contribution in [0.3, 0.4) is 0 Å². The first kappa shape index (κ1) is 36.7. The molecule has 3 aliphatic rings. The van der Waals surface area contributed by atoms with Gasteiger partial charge in [0.15, 0.2) is 0 Å². The van der Waals surface area contributed by atoms with Crippen molar-refractivity contribution in [3.05, 3.63) is 216 Å². The molecule has 0 spiro atoms. The monoisotopic (exact) mass is 840 g/mol. The second kappa shape index (κ2) is 14.0. The molecule has 0 saturated heterocycles. The Bertz CT molecular complexity index is 3470. The second-order valence-corrected chi connectivity index (χ2v) is 19.5. The predicted molar refractivity (Wildman–Crippen MR) is 270 cm³/mol. The van der Waals surface area contributed by atoms with Gasteiger partial charge in [-0.1, -0.05) is 165 Å². The number of anilines is 6. The molecule has 10 aromatic rings. The summed E-state index contributed by atoms with van der Waals surface area (Å²) in [5, 5.41) is 7.63. The van der Waals surface area contributed by atoms with Crippen molar-refractivity contribution in [2.75, 3.05) is 9.80 Å². The molecule has 2 heterocycles. The van der Waals surface area contributed by atoms with Crippen LogP contribution in [0.5, 0.6) is 0 Å². The molecule has 0 aromatic heterocycles. The van der Waals surface area contributed by atoms with Crippen LogP contribution < -0.4 is 9.80 Å². The van der Waals surface area contributed by atoms with Crippen LogP contribution >= 0.6 is 23.5 Å². The maximum Gasteiger partial charge on any atom is 0.0601 e. The van der Waals surface area contributed by atoms with Gasteiger partial charge in [0.1, 0.15) is 0 Å². The van der Waals surface area contributed by atoms with Gasteiger partial charge in [-0.15, -0.1) is 0 Å². The summed E-state index contributed by atoms with van der Waals surface area (Å²) in [5.41, 5.74) is 14.9. The molecule has 1 aliphatic carbocycles. The number of hydrogen-bond acceptors (Lipinski definition) is 4. The van der Waals surface area contributed by atoms with Crippen molar-refractivity contribution in [3.63, 3.8) is 0 Å². The predicted octanol–water partition coefficient (Wildman–Crippen LogP) is 17.5. The summed E-state index contributed by atoms with van der Waals surface area (Å²) in [6, 6.07) is 72.0. The minimum absolute atomic E-state index is 0.156. The molecule has 0 radical (unpaired) electrons. The number of para-hydroxylation sites is 4. The van der Waals surface area contributed by atoms with Crippen LogP contribution in [0.15, 0.2) is 214 Å². The molecule has 0 bridgehead atoms. The highest BCUT2D eigenvalue weighted by Gasteiger charge is 2.37. The van der Waals surface area contributed by atoms with E-state index in [4.69, 9.17) is 0 Å². The number of hydrogen-bond donors (Lipinski definition) is 0. The summed E-state index contributed by atoms with van der Waals surface area (Å²) in [6.45, 7) is 4.77. The van der Waals surface area contributed by atoms with E-state index >= 15 is 0 Å². The lowest BCUT2D eigenvalue weighted by atomic mass is 9.81. The Morgan fingerprint density at radius 2 is 0.730 bits per heavy atom. The van der Waals surface area contributed by atoms with E-state index in [1.807, 2.05) is 23.5 Å². The lowest BCUT2D eigenvalue weighted by Crippen LogP contribution is -2.18. The Morgan fingerprint density at radius 1 is 0.349 bits per heavy atom. The third kappa shape index (κ3) is 5.68. The maximum atomic E-state index is 2.44. The zero-order chi connectivity index (χ0) is 41.8. The zero-order valence-electron chi connectivity index (χ0n) is 34.8. The summed E-state index contributed by atoms with van der Waals surface area (Å²) < 4.78 is 0. The number of benzene rings is 10. The Kier molecular flexibility index (Phi) is 8.16. The largest absolute Gasteiger partial charge is 0.308 e. The molecule has 0 amide bonds. The molecule has 10 aromatic carbocycles. The molecular formula is C59H40N2S2. The first-order chi connectivity index (χ1) is 31.0. The molecule has 0 fully saturated rings. The minimum Gasteiger partial charge on any atom is -0.308 e. The SMILES string of the molecule is CC1(C)c2cc(C=Cc3ccc4c5ccc(N6c7ccccc7Sc7ccccc76)cc5c5ccccc5c4c3)ccc2-c2ccc(N3c4ccccc4Sc4ccccc43)cc21. The molecule has 4 heteroatoms. The fraction of sp³-hybridized carbons (Fsp3) is 0.0508. The van der Waals surface area contributed by atoms with Crippen molar-refractivity contribution >= 4 is 102 Å². The van der Waals surface area contributed by atoms with E-state index in [-0.39, 0.29) is 5.41 Å². The normalized spacial score (nSPS) is 14.4. The van der Waals surface area contributed by atoms with Gasteiger partial charge in [0.25, 0.3) is 0 Å². The van der Waals surface area contributed by atoms with Gasteiger partial charge in [-0.25, -0.2) is 0 Å². The van der Waals surface area contributed by atoms with Crippen LogP contribution in [0.25, 0.3) is 55.6 Å². The highest BCUT2D eigenvalue weighted by atomic mass is 32.2. The van der Waals surface area contributed by atoms with Gasteiger partial charge in [0.05, 0.1) is 22.7 Å². The first-order valence-corrected chi connectivity index (χ1v) is 23.3. The lowest BCUT2D eigenvalue weighted by molar-refractivity contribution is 0.660. The van der Waals surface area contributed by atoms with Crippen molar-refractivity contribution in [1.82, 2.24) is 0 Å². The zero-order valence-corrected chi connectivity index (χ0v) is 36.5. The van der Waals surface area contributed by atoms with E-state index in [1.54, 1.807) is 0 Å². The molecule has 0 unspecified atom stereocenters. The topological polar surface area (TPSA) is 6.48 Å². The Balaban J connectivity index is 0.849. The molecular weight excluding hydrogens is 801 g/mol. The van der Waals surface area contributed by atoms with Crippen LogP contribution in [0.2, 0.25) is 0 Å². The van der Waals surface area contributed by atoms with E-state index < -0.39 is 0 Å². The van der Waals surface area contributed by atoms with E-state index in [1.165, 1.54) is 119 Å². The lowest BCUT2D eigenvalue weighted by Gasteiger charge is -2.33. The summed E-state index contributed by atoms with van der Waals surface area (Å²) in [5.74, 6) is 0. The molecule has 0 atom stereocenters. The summed E-state index contributed by atoms with van der Waals surface area (Å²) in [4.78, 5) is 9.97. The van der Waals surface area contributed by atoms with Crippen molar-refractivity contribution in [2.45, 2.75) is 38.8 Å². The maximum absolute atomic E-state index is 2.44. The fourth-order valence-corrected chi connectivity index (χ4v) is 12.5. The molecule has 2 nitrogen and oxygen atoms in total. The van der Waals surface area contributed by atoms with Crippen molar-refractivity contribution in [1.29, 1.82) is 0 Å². The van der Waals surface area contributed by atoms with Crippen LogP contribution in [-0.2, 0) is 5.41 Å². The number of nitrogens with zero attached hydrogens (tertiary/aromatic N) is 2. The minimum atomic E-state index is -0.156. The average Bonchev–Trinajstić information content (AvgIpc) is 3.56. The third-order valence-corrected chi connectivity index (χ3v) is 15.6. The van der Waals surface area contributed by atoms with Gasteiger partial charge in [-0.05, 0) is 145 Å². The second-order valence-electron chi connectivity index (χ2n) is 17.3. The average molecular weight is 841 g/mol. The van der Waals surface area contributed by atoms with Crippen LogP contribution in [0.1, 0.15) is 36.1 Å². The summed E-state index contributed by atoms with van der Waals surface area (Å²) in [6.07, 6.45) is 4.57. The van der Waals surface area contributed by atoms with E-state index in [9.17, 15) is 0 Å². The smallest absolute Gasteiger partial charge is 0.0601 e. The molecule has 63 heavy (non-hydrogen) atoms. The van der Waals surface area contributed by atoms with Crippen LogP contribution in [0, 0.1) is 0 Å². The number of fused-ring (bicyclic) bond motifs is 13. The summed E-state index contributed by atoms with van der Waals surface area (Å²) in [7, 11) is 0. The fourth-order valence-electron chi connectivity index (χ4n) is 10.3. The van der Waals surface area contributed by atoms with Gasteiger partial charge in [-0.3, -0.25) is 0 Å². The van der Waals surface area contributed by atoms with Crippen LogP contribution in [-0.4, -0.2) is 0 Å². The van der Waals surface area contributed by atoms with Gasteiger partial charge < -0.3 is 9.80 Å². The van der Waals surface area contributed by atoms with E-state index in [0.29, 0.717) is 0 Å². The van der Waals surface area contributed by atoms with Gasteiger partial charge >= 0.3 is 0 Å². The van der Waals surface area contributed by atoms with Crippen LogP contribution in [0.4, 0.5) is 34.1 Å². The highest BCUT2D eigenvalue weighted by molar-refractivity contribution is 8.00. The third-order valence-electron chi connectivity index (χ3n) is 13.4. The van der Waals surface area contributed by atoms with E-state index in [0.717, 1.165) is 0 Å². The van der Waals surface area contributed by atoms with E-state index in [2.05, 4.69) is 230 Å². The molecule has 0 saturated carbocycles. The van der Waals surface area contributed by atoms with Crippen molar-refractivity contribution < 1.29 is 0 Å². The highest BCUT2D eigenvalue weighted by Crippen LogP contribution is 2.55. The standard InChI is InChI=1S/C59H40N2S2/c1-59(2)49-34-38(26-30-45(49)46-32-28-40(36-50(46)59)61-53-17-7-11-21-57(53)63-58-22-12-8-18-54(58)61)24-23-37-25-29-43-44-31-27-39(35-48(44)42-14-4-3-13-41(42)47(43)33-37)60-51-15-5-9-19-55(51)62-56-20-10-6-16-52(56)60/h3-36H,1-2H3. The Morgan fingerprint density at radius 3 is 1.29 bits per heavy atom. The quantitative estimate of drug-likeness (QED) is 0.129. The van der Waals surface area contributed by atoms with Crippen molar-refractivity contribution in [2.24, 2.45) is 0 Å². The van der Waals surface area contributed by atoms with Gasteiger partial charge in [-0.2, -0.15) is 0 Å². The Labute approximate surface area is 376 Å². The Hall–Kier alpha value is -6.98. The molecule has 13 rings (SSSR count). The van der Waals surface area contributed by atoms with Gasteiger partial charge in [0, 0.05) is 36.4 Å². The summed E-state index contributed by atoms with van der Waals surface area (Å²) >= 11 is 3.70. The van der Waals surface area contributed by atoms with Crippen molar-refractivity contribution in [3.8, 4) is 11.1 Å². The first-order valence-electron chi connectivity index (χ1n) is 21.7. The molecule has 0 N–H and O–H groups in total. The van der Waals surface area contributed by atoms with Gasteiger partial charge in [0.2, 0.25) is 0 Å². The number of rotatable bonds is 4. The molecule has 298 valence electrons.